The van der Waals surface area contributed by atoms with Crippen molar-refractivity contribution in [2.24, 2.45) is 16.7 Å². The monoisotopic (exact) mass is 440 g/mol. The van der Waals surface area contributed by atoms with Gasteiger partial charge in [-0.1, -0.05) is 45.0 Å². The molecule has 2 aromatic carbocycles. The van der Waals surface area contributed by atoms with Crippen LogP contribution in [-0.4, -0.2) is 20.2 Å². The minimum atomic E-state index is -4.07. The van der Waals surface area contributed by atoms with Crippen LogP contribution in [0.15, 0.2) is 66.1 Å². The van der Waals surface area contributed by atoms with Crippen LogP contribution in [0, 0.1) is 23.7 Å². The van der Waals surface area contributed by atoms with Gasteiger partial charge in [0.25, 0.3) is 15.9 Å². The Kier molecular flexibility index (Phi) is 5.84. The summed E-state index contributed by atoms with van der Waals surface area (Å²) in [5.41, 5.74) is 0.187. The molecule has 2 aromatic rings. The summed E-state index contributed by atoms with van der Waals surface area (Å²) in [5.74, 6) is -0.856. The Morgan fingerprint density at radius 1 is 1.13 bits per heavy atom. The smallest absolute Gasteiger partial charge is 0.264 e. The predicted molar refractivity (Wildman–Crippen MR) is 121 cm³/mol. The molecule has 2 N–H and O–H groups in total. The number of hydrogen-bond donors (Lipinski definition) is 2. The number of nitrogens with one attached hydrogen (secondary N) is 2. The summed E-state index contributed by atoms with van der Waals surface area (Å²) in [4.78, 5) is 25.3. The highest BCUT2D eigenvalue weighted by atomic mass is 32.2. The van der Waals surface area contributed by atoms with Gasteiger partial charge in [0.05, 0.1) is 10.3 Å². The van der Waals surface area contributed by atoms with Gasteiger partial charge in [-0.15, -0.1) is 6.58 Å². The van der Waals surface area contributed by atoms with Crippen LogP contribution >= 0.6 is 0 Å². The zero-order valence-corrected chi connectivity index (χ0v) is 19.0. The van der Waals surface area contributed by atoms with Gasteiger partial charge < -0.3 is 5.32 Å². The number of rotatable bonds is 6. The van der Waals surface area contributed by atoms with Gasteiger partial charge in [0, 0.05) is 11.3 Å². The largest absolute Gasteiger partial charge is 0.322 e. The van der Waals surface area contributed by atoms with E-state index in [1.54, 1.807) is 43.3 Å². The first-order valence-electron chi connectivity index (χ1n) is 10.1. The molecule has 0 spiro atoms. The summed E-state index contributed by atoms with van der Waals surface area (Å²) in [6.07, 6.45) is 2.29. The van der Waals surface area contributed by atoms with Crippen molar-refractivity contribution >= 4 is 27.5 Å². The Hall–Kier alpha value is -2.93. The SMILES string of the molecule is C=C[C@@H]1C[C@@]1(C(=O)NS(=O)(=O)c1ccc(NC(=O)c2ccccc2)cc1C)C(C)(C)C. The molecule has 0 heterocycles. The summed E-state index contributed by atoms with van der Waals surface area (Å²) in [5, 5.41) is 2.75. The first-order chi connectivity index (χ1) is 14.4. The average Bonchev–Trinajstić information content (AvgIpc) is 3.44. The minimum Gasteiger partial charge on any atom is -0.322 e. The molecule has 31 heavy (non-hydrogen) atoms. The number of benzene rings is 2. The fourth-order valence-corrected chi connectivity index (χ4v) is 5.39. The molecule has 2 amide bonds. The summed E-state index contributed by atoms with van der Waals surface area (Å²) < 4.78 is 28.2. The summed E-state index contributed by atoms with van der Waals surface area (Å²) >= 11 is 0. The van der Waals surface area contributed by atoms with Gasteiger partial charge in [-0.25, -0.2) is 13.1 Å². The van der Waals surface area contributed by atoms with E-state index in [1.165, 1.54) is 12.1 Å². The van der Waals surface area contributed by atoms with Crippen LogP contribution in [-0.2, 0) is 14.8 Å². The molecule has 3 rings (SSSR count). The zero-order chi connectivity index (χ0) is 23.0. The molecule has 0 bridgehead atoms. The Labute approximate surface area is 183 Å². The van der Waals surface area contributed by atoms with E-state index < -0.39 is 26.8 Å². The van der Waals surface area contributed by atoms with Gasteiger partial charge in [0.1, 0.15) is 0 Å². The lowest BCUT2D eigenvalue weighted by atomic mass is 9.75. The van der Waals surface area contributed by atoms with Crippen molar-refractivity contribution in [3.63, 3.8) is 0 Å². The second-order valence-corrected chi connectivity index (χ2v) is 10.7. The third kappa shape index (κ3) is 4.28. The Morgan fingerprint density at radius 2 is 1.77 bits per heavy atom. The van der Waals surface area contributed by atoms with E-state index in [2.05, 4.69) is 16.6 Å². The second kappa shape index (κ2) is 7.96. The van der Waals surface area contributed by atoms with Gasteiger partial charge in [0.15, 0.2) is 0 Å². The maximum atomic E-state index is 13.0. The third-order valence-corrected chi connectivity index (χ3v) is 7.52. The molecule has 0 unspecified atom stereocenters. The van der Waals surface area contributed by atoms with E-state index in [9.17, 15) is 18.0 Å². The normalized spacial score (nSPS) is 20.6. The molecule has 0 aliphatic heterocycles. The van der Waals surface area contributed by atoms with E-state index in [1.807, 2.05) is 26.8 Å². The fourth-order valence-electron chi connectivity index (χ4n) is 4.13. The van der Waals surface area contributed by atoms with Gasteiger partial charge in [0.2, 0.25) is 5.91 Å². The van der Waals surface area contributed by atoms with Gasteiger partial charge in [-0.3, -0.25) is 9.59 Å². The highest BCUT2D eigenvalue weighted by molar-refractivity contribution is 7.90. The number of sulfonamides is 1. The molecular weight excluding hydrogens is 412 g/mol. The van der Waals surface area contributed by atoms with Crippen molar-refractivity contribution in [3.05, 3.63) is 72.3 Å². The van der Waals surface area contributed by atoms with Crippen LogP contribution in [0.3, 0.4) is 0 Å². The molecule has 6 nitrogen and oxygen atoms in total. The predicted octanol–water partition coefficient (Wildman–Crippen LogP) is 4.29. The lowest BCUT2D eigenvalue weighted by Gasteiger charge is -2.30. The van der Waals surface area contributed by atoms with Crippen molar-refractivity contribution in [3.8, 4) is 0 Å². The minimum absolute atomic E-state index is 0.00146. The summed E-state index contributed by atoms with van der Waals surface area (Å²) in [7, 11) is -4.07. The number of carbonyl (C=O) groups excluding carboxylic acids is 2. The summed E-state index contributed by atoms with van der Waals surface area (Å²) in [6, 6.07) is 13.2. The fraction of sp³-hybridized carbons (Fsp3) is 0.333. The topological polar surface area (TPSA) is 92.3 Å². The van der Waals surface area contributed by atoms with Crippen LogP contribution in [0.25, 0.3) is 0 Å². The van der Waals surface area contributed by atoms with E-state index >= 15 is 0 Å². The Bertz CT molecular complexity index is 1130. The highest BCUT2D eigenvalue weighted by Crippen LogP contribution is 2.64. The lowest BCUT2D eigenvalue weighted by Crippen LogP contribution is -2.43. The average molecular weight is 441 g/mol. The molecule has 0 saturated heterocycles. The first-order valence-corrected chi connectivity index (χ1v) is 11.6. The molecule has 1 fully saturated rings. The number of hydrogen-bond acceptors (Lipinski definition) is 4. The van der Waals surface area contributed by atoms with Crippen molar-refractivity contribution in [2.75, 3.05) is 5.32 Å². The Balaban J connectivity index is 1.80. The molecule has 1 aliphatic carbocycles. The zero-order valence-electron chi connectivity index (χ0n) is 18.2. The molecule has 0 aromatic heterocycles. The highest BCUT2D eigenvalue weighted by Gasteiger charge is 2.65. The molecule has 2 atom stereocenters. The number of aryl methyl sites for hydroxylation is 1. The second-order valence-electron chi connectivity index (χ2n) is 9.00. The van der Waals surface area contributed by atoms with Crippen LogP contribution < -0.4 is 10.0 Å². The lowest BCUT2D eigenvalue weighted by molar-refractivity contribution is -0.128. The molecule has 0 radical (unpaired) electrons. The quantitative estimate of drug-likeness (QED) is 0.656. The van der Waals surface area contributed by atoms with Gasteiger partial charge >= 0.3 is 0 Å². The maximum Gasteiger partial charge on any atom is 0.264 e. The standard InChI is InChI=1S/C24H28N2O4S/c1-6-18-15-24(18,23(3,4)5)22(28)26-31(29,30)20-13-12-19(14-16(20)2)25-21(27)17-10-8-7-9-11-17/h6-14,18H,1,15H2,2-5H3,(H,25,27)(H,26,28)/t18-,24-/m1/s1. The molecule has 1 saturated carbocycles. The molecular formula is C24H28N2O4S. The maximum absolute atomic E-state index is 13.0. The molecule has 164 valence electrons. The first kappa shape index (κ1) is 22.7. The summed E-state index contributed by atoms with van der Waals surface area (Å²) in [6.45, 7) is 11.2. The Morgan fingerprint density at radius 3 is 2.29 bits per heavy atom. The van der Waals surface area contributed by atoms with Crippen LogP contribution in [0.4, 0.5) is 5.69 Å². The number of amides is 2. The van der Waals surface area contributed by atoms with Crippen molar-refractivity contribution in [1.82, 2.24) is 4.72 Å². The van der Waals surface area contributed by atoms with Crippen LogP contribution in [0.1, 0.15) is 43.1 Å². The number of anilines is 1. The van der Waals surface area contributed by atoms with E-state index in [0.29, 0.717) is 23.2 Å². The number of allylic oxidation sites excluding steroid dienone is 1. The van der Waals surface area contributed by atoms with Crippen molar-refractivity contribution in [2.45, 2.75) is 39.0 Å². The molecule has 7 heteroatoms. The van der Waals surface area contributed by atoms with Gasteiger partial charge in [-0.2, -0.15) is 0 Å². The van der Waals surface area contributed by atoms with Crippen molar-refractivity contribution < 1.29 is 18.0 Å². The van der Waals surface area contributed by atoms with Crippen LogP contribution in [0.5, 0.6) is 0 Å². The van der Waals surface area contributed by atoms with Crippen molar-refractivity contribution in [1.29, 1.82) is 0 Å². The van der Waals surface area contributed by atoms with Gasteiger partial charge in [-0.05, 0) is 60.6 Å². The van der Waals surface area contributed by atoms with Crippen LogP contribution in [0.2, 0.25) is 0 Å². The molecule has 1 aliphatic rings. The number of carbonyl (C=O) groups is 2. The van der Waals surface area contributed by atoms with E-state index in [-0.39, 0.29) is 16.7 Å². The third-order valence-electron chi connectivity index (χ3n) is 6.03. The van der Waals surface area contributed by atoms with E-state index in [0.717, 1.165) is 0 Å². The van der Waals surface area contributed by atoms with E-state index in [4.69, 9.17) is 0 Å².